The first-order valence-electron chi connectivity index (χ1n) is 14.1. The van der Waals surface area contributed by atoms with Gasteiger partial charge in [0.15, 0.2) is 5.76 Å². The number of anilines is 2. The van der Waals surface area contributed by atoms with Gasteiger partial charge in [-0.15, -0.1) is 5.10 Å². The highest BCUT2D eigenvalue weighted by Crippen LogP contribution is 2.28. The predicted molar refractivity (Wildman–Crippen MR) is 154 cm³/mol. The highest BCUT2D eigenvalue weighted by atomic mass is 16.3. The van der Waals surface area contributed by atoms with Crippen molar-refractivity contribution in [3.05, 3.63) is 78.6 Å². The second-order valence-electron chi connectivity index (χ2n) is 10.9. The van der Waals surface area contributed by atoms with Crippen LogP contribution in [0.25, 0.3) is 17.4 Å². The number of nitrogen functional groups attached to an aromatic ring is 1. The van der Waals surface area contributed by atoms with Gasteiger partial charge in [0.2, 0.25) is 17.7 Å². The van der Waals surface area contributed by atoms with Gasteiger partial charge >= 0.3 is 0 Å². The molecule has 5 aromatic heterocycles. The Morgan fingerprint density at radius 1 is 0.902 bits per heavy atom. The molecular weight excluding hydrogens is 518 g/mol. The van der Waals surface area contributed by atoms with E-state index in [0.29, 0.717) is 35.3 Å². The molecule has 12 heteroatoms. The molecule has 2 atom stereocenters. The lowest BCUT2D eigenvalue weighted by Crippen LogP contribution is -2.57. The van der Waals surface area contributed by atoms with Crippen LogP contribution >= 0.6 is 0 Å². The maximum Gasteiger partial charge on any atom is 0.259 e. The van der Waals surface area contributed by atoms with Gasteiger partial charge in [-0.2, -0.15) is 19.5 Å². The van der Waals surface area contributed by atoms with Crippen LogP contribution in [0.5, 0.6) is 0 Å². The molecule has 2 unspecified atom stereocenters. The summed E-state index contributed by atoms with van der Waals surface area (Å²) in [5.74, 6) is 2.91. The molecule has 2 fully saturated rings. The Labute approximate surface area is 237 Å². The lowest BCUT2D eigenvalue weighted by Gasteiger charge is -2.47. The summed E-state index contributed by atoms with van der Waals surface area (Å²) in [7, 11) is 0. The molecule has 2 aliphatic heterocycles. The van der Waals surface area contributed by atoms with Crippen LogP contribution in [0, 0.1) is 5.92 Å². The molecule has 210 valence electrons. The van der Waals surface area contributed by atoms with Crippen molar-refractivity contribution in [1.29, 1.82) is 0 Å². The van der Waals surface area contributed by atoms with Crippen LogP contribution in [0.1, 0.15) is 24.0 Å². The molecule has 0 radical (unpaired) electrons. The van der Waals surface area contributed by atoms with Gasteiger partial charge in [-0.1, -0.05) is 12.1 Å². The number of furan rings is 1. The van der Waals surface area contributed by atoms with Crippen LogP contribution < -0.4 is 10.6 Å². The number of nitrogens with two attached hydrogens (primary N) is 1. The zero-order chi connectivity index (χ0) is 27.6. The fourth-order valence-electron chi connectivity index (χ4n) is 6.08. The van der Waals surface area contributed by atoms with Gasteiger partial charge < -0.3 is 15.1 Å². The average molecular weight is 552 g/mol. The molecule has 2 aliphatic rings. The minimum Gasteiger partial charge on any atom is -0.461 e. The second-order valence-corrected chi connectivity index (χ2v) is 10.9. The molecular formula is C29H33N11O. The number of rotatable bonds is 8. The van der Waals surface area contributed by atoms with E-state index in [2.05, 4.69) is 51.9 Å². The van der Waals surface area contributed by atoms with Crippen LogP contribution in [0.4, 0.5) is 11.9 Å². The molecule has 0 aromatic carbocycles. The molecule has 0 spiro atoms. The zero-order valence-electron chi connectivity index (χ0n) is 22.8. The number of aromatic nitrogens is 7. The van der Waals surface area contributed by atoms with E-state index in [1.165, 1.54) is 22.1 Å². The molecule has 2 N–H and O–H groups in total. The monoisotopic (exact) mass is 551 g/mol. The van der Waals surface area contributed by atoms with E-state index >= 15 is 0 Å². The van der Waals surface area contributed by atoms with Crippen molar-refractivity contribution in [3.8, 4) is 11.6 Å². The highest BCUT2D eigenvalue weighted by molar-refractivity contribution is 5.53. The zero-order valence-corrected chi connectivity index (χ0v) is 22.8. The number of hydrogen-bond acceptors (Lipinski definition) is 11. The SMILES string of the molecule is Nc1nc(N2CCN3CC(CN(Cc4cccnc4)Cc4cccnc4)CCC3C2)nc2nc(-c3ccco3)nn12. The molecule has 7 rings (SSSR count). The number of piperazine rings is 1. The van der Waals surface area contributed by atoms with E-state index < -0.39 is 0 Å². The van der Waals surface area contributed by atoms with Crippen molar-refractivity contribution in [3.63, 3.8) is 0 Å². The fourth-order valence-corrected chi connectivity index (χ4v) is 6.08. The fraction of sp³-hybridized carbons (Fsp3) is 0.379. The molecule has 0 amide bonds. The molecule has 0 saturated carbocycles. The highest BCUT2D eigenvalue weighted by Gasteiger charge is 2.34. The van der Waals surface area contributed by atoms with E-state index in [1.54, 1.807) is 12.3 Å². The van der Waals surface area contributed by atoms with Gasteiger partial charge in [-0.3, -0.25) is 19.8 Å². The minimum atomic E-state index is 0.267. The lowest BCUT2D eigenvalue weighted by atomic mass is 9.90. The first-order valence-corrected chi connectivity index (χ1v) is 14.1. The summed E-state index contributed by atoms with van der Waals surface area (Å²) in [6.07, 6.45) is 11.5. The number of pyridine rings is 2. The van der Waals surface area contributed by atoms with E-state index in [4.69, 9.17) is 15.1 Å². The standard InChI is InChI=1S/C29H33N11O/c30-27-34-28(35-29-33-26(36-40(27)29)25-6-3-13-41-25)39-12-11-38-19-23(7-8-24(38)20-39)18-37(16-21-4-1-9-31-14-21)17-22-5-2-10-32-15-22/h1-6,9-10,13-15,23-24H,7-8,11-12,16-20H2,(H2,30,33,34,35,36). The molecule has 12 nitrogen and oxygen atoms in total. The van der Waals surface area contributed by atoms with Crippen LogP contribution in [0.15, 0.2) is 71.9 Å². The van der Waals surface area contributed by atoms with E-state index in [0.717, 1.165) is 52.2 Å². The Bertz CT molecular complexity index is 1530. The normalized spacial score (nSPS) is 19.6. The second kappa shape index (κ2) is 11.2. The van der Waals surface area contributed by atoms with Gasteiger partial charge in [0.05, 0.1) is 6.26 Å². The topological polar surface area (TPSA) is 131 Å². The van der Waals surface area contributed by atoms with E-state index in [1.807, 2.05) is 43.0 Å². The third-order valence-corrected chi connectivity index (χ3v) is 8.03. The van der Waals surface area contributed by atoms with E-state index in [9.17, 15) is 0 Å². The van der Waals surface area contributed by atoms with Crippen molar-refractivity contribution in [2.45, 2.75) is 32.0 Å². The molecule has 2 saturated heterocycles. The van der Waals surface area contributed by atoms with Crippen LogP contribution in [-0.4, -0.2) is 83.1 Å². The van der Waals surface area contributed by atoms with Crippen molar-refractivity contribution in [2.75, 3.05) is 43.4 Å². The van der Waals surface area contributed by atoms with Crippen molar-refractivity contribution in [1.82, 2.24) is 44.3 Å². The van der Waals surface area contributed by atoms with Gasteiger partial charge in [-0.05, 0) is 54.2 Å². The number of hydrogen-bond donors (Lipinski definition) is 1. The summed E-state index contributed by atoms with van der Waals surface area (Å²) in [5, 5.41) is 4.42. The number of piperidine rings is 1. The molecule has 5 aromatic rings. The first-order chi connectivity index (χ1) is 20.2. The third-order valence-electron chi connectivity index (χ3n) is 8.03. The van der Waals surface area contributed by atoms with Crippen molar-refractivity contribution in [2.24, 2.45) is 5.92 Å². The third kappa shape index (κ3) is 5.61. The van der Waals surface area contributed by atoms with Crippen LogP contribution in [0.3, 0.4) is 0 Å². The summed E-state index contributed by atoms with van der Waals surface area (Å²) in [5.41, 5.74) is 8.74. The Kier molecular flexibility index (Phi) is 6.99. The van der Waals surface area contributed by atoms with Gasteiger partial charge in [-0.25, -0.2) is 0 Å². The van der Waals surface area contributed by atoms with Crippen molar-refractivity contribution < 1.29 is 4.42 Å². The van der Waals surface area contributed by atoms with Gasteiger partial charge in [0, 0.05) is 76.6 Å². The minimum absolute atomic E-state index is 0.267. The molecule has 7 heterocycles. The average Bonchev–Trinajstić information content (AvgIpc) is 3.69. The van der Waals surface area contributed by atoms with Crippen LogP contribution in [-0.2, 0) is 13.1 Å². The maximum absolute atomic E-state index is 6.27. The maximum atomic E-state index is 6.27. The number of fused-ring (bicyclic) bond motifs is 2. The summed E-state index contributed by atoms with van der Waals surface area (Å²) >= 11 is 0. The lowest BCUT2D eigenvalue weighted by molar-refractivity contribution is 0.0722. The summed E-state index contributed by atoms with van der Waals surface area (Å²) < 4.78 is 6.90. The van der Waals surface area contributed by atoms with Gasteiger partial charge in [0.1, 0.15) is 0 Å². The Hall–Kier alpha value is -4.42. The summed E-state index contributed by atoms with van der Waals surface area (Å²) in [6.45, 7) is 6.56. The Morgan fingerprint density at radius 2 is 1.71 bits per heavy atom. The summed E-state index contributed by atoms with van der Waals surface area (Å²) in [4.78, 5) is 29.9. The Balaban J connectivity index is 1.01. The van der Waals surface area contributed by atoms with E-state index in [-0.39, 0.29) is 5.95 Å². The Morgan fingerprint density at radius 3 is 2.41 bits per heavy atom. The largest absolute Gasteiger partial charge is 0.461 e. The smallest absolute Gasteiger partial charge is 0.259 e. The molecule has 0 aliphatic carbocycles. The quantitative estimate of drug-likeness (QED) is 0.305. The first kappa shape index (κ1) is 25.5. The number of nitrogens with zero attached hydrogens (tertiary/aromatic N) is 10. The molecule has 0 bridgehead atoms. The predicted octanol–water partition coefficient (Wildman–Crippen LogP) is 2.75. The van der Waals surface area contributed by atoms with Gasteiger partial charge in [0.25, 0.3) is 5.78 Å². The summed E-state index contributed by atoms with van der Waals surface area (Å²) in [6, 6.07) is 12.4. The van der Waals surface area contributed by atoms with Crippen LogP contribution in [0.2, 0.25) is 0 Å². The van der Waals surface area contributed by atoms with Crippen molar-refractivity contribution >= 4 is 17.7 Å². The molecule has 41 heavy (non-hydrogen) atoms.